The first kappa shape index (κ1) is 24.7. The molecule has 0 saturated carbocycles. The van der Waals surface area contributed by atoms with Gasteiger partial charge in [-0.05, 0) is 43.7 Å². The Morgan fingerprint density at radius 1 is 1.18 bits per heavy atom. The third-order valence-electron chi connectivity index (χ3n) is 4.83. The topological polar surface area (TPSA) is 140 Å². The average molecular weight is 478 g/mol. The molecule has 3 aromatic rings. The quantitative estimate of drug-likeness (QED) is 0.260. The highest BCUT2D eigenvalue weighted by Crippen LogP contribution is 2.19. The van der Waals surface area contributed by atoms with Gasteiger partial charge in [0.25, 0.3) is 5.91 Å². The van der Waals surface area contributed by atoms with Crippen molar-refractivity contribution in [2.24, 2.45) is 0 Å². The van der Waals surface area contributed by atoms with Crippen molar-refractivity contribution in [3.05, 3.63) is 70.9 Å². The number of nitrogens with one attached hydrogen (secondary N) is 4. The van der Waals surface area contributed by atoms with Crippen molar-refractivity contribution in [1.29, 1.82) is 4.78 Å². The summed E-state index contributed by atoms with van der Waals surface area (Å²) >= 11 is 0. The summed E-state index contributed by atoms with van der Waals surface area (Å²) in [5.41, 5.74) is 3.33. The Bertz CT molecular complexity index is 1320. The number of carbonyl (C=O) groups excluding carboxylic acids is 1. The average Bonchev–Trinajstić information content (AvgIpc) is 2.84. The maximum absolute atomic E-state index is 12.0. The lowest BCUT2D eigenvalue weighted by Gasteiger charge is -2.14. The van der Waals surface area contributed by atoms with Gasteiger partial charge in [-0.3, -0.25) is 4.79 Å². The van der Waals surface area contributed by atoms with E-state index in [1.807, 2.05) is 19.9 Å². The summed E-state index contributed by atoms with van der Waals surface area (Å²) < 4.78 is 18.5. The van der Waals surface area contributed by atoms with Crippen LogP contribution in [0.3, 0.4) is 0 Å². The molecule has 0 fully saturated rings. The summed E-state index contributed by atoms with van der Waals surface area (Å²) in [7, 11) is -0.229. The van der Waals surface area contributed by atoms with Crippen molar-refractivity contribution < 1.29 is 14.1 Å². The first-order chi connectivity index (χ1) is 16.3. The van der Waals surface area contributed by atoms with Crippen molar-refractivity contribution in [2.45, 2.75) is 24.8 Å². The van der Waals surface area contributed by atoms with Crippen LogP contribution in [0.1, 0.15) is 34.0 Å². The lowest BCUT2D eigenvalue weighted by atomic mass is 10.0. The molecule has 5 N–H and O–H groups in total. The Morgan fingerprint density at radius 3 is 2.53 bits per heavy atom. The number of amides is 1. The van der Waals surface area contributed by atoms with E-state index < -0.39 is 10.6 Å². The molecule has 1 aromatic heterocycles. The Balaban J connectivity index is 1.93. The second-order valence-corrected chi connectivity index (χ2v) is 8.47. The van der Waals surface area contributed by atoms with E-state index in [0.29, 0.717) is 39.0 Å². The molecule has 3 rings (SSSR count). The third-order valence-corrected chi connectivity index (χ3v) is 5.53. The molecule has 10 heteroatoms. The Hall–Kier alpha value is -3.94. The van der Waals surface area contributed by atoms with Crippen LogP contribution in [-0.2, 0) is 14.8 Å². The van der Waals surface area contributed by atoms with Gasteiger partial charge in [-0.1, -0.05) is 34.9 Å². The number of aryl methyl sites for hydroxylation is 1. The maximum atomic E-state index is 12.0. The van der Waals surface area contributed by atoms with Gasteiger partial charge in [0.05, 0.1) is 18.4 Å². The van der Waals surface area contributed by atoms with Gasteiger partial charge in [0.2, 0.25) is 5.95 Å². The van der Waals surface area contributed by atoms with Crippen LogP contribution in [0.25, 0.3) is 0 Å². The molecule has 0 unspecified atom stereocenters. The number of benzene rings is 2. The van der Waals surface area contributed by atoms with Gasteiger partial charge in [0.1, 0.15) is 5.82 Å². The molecule has 1 atom stereocenters. The van der Waals surface area contributed by atoms with Gasteiger partial charge in [-0.25, -0.2) is 4.98 Å². The number of nitrogens with zero attached hydrogens (tertiary/aromatic N) is 2. The summed E-state index contributed by atoms with van der Waals surface area (Å²) in [6.07, 6.45) is 1.57. The normalized spacial score (nSPS) is 11.3. The zero-order chi connectivity index (χ0) is 24.7. The smallest absolute Gasteiger partial charge is 0.251 e. The summed E-state index contributed by atoms with van der Waals surface area (Å²) in [5, 5.41) is 18.3. The lowest BCUT2D eigenvalue weighted by molar-refractivity contribution is 0.0963. The fraction of sp³-hybridized carbons (Fsp3) is 0.208. The molecule has 0 saturated heterocycles. The molecule has 1 heterocycles. The van der Waals surface area contributed by atoms with Crippen molar-refractivity contribution in [3.8, 4) is 11.8 Å². The van der Waals surface area contributed by atoms with E-state index in [9.17, 15) is 14.1 Å². The van der Waals surface area contributed by atoms with E-state index in [4.69, 9.17) is 4.78 Å². The number of anilines is 3. The van der Waals surface area contributed by atoms with Crippen LogP contribution in [0, 0.1) is 23.5 Å². The zero-order valence-electron chi connectivity index (χ0n) is 19.0. The van der Waals surface area contributed by atoms with Crippen LogP contribution in [0.15, 0.2) is 53.6 Å². The summed E-state index contributed by atoms with van der Waals surface area (Å²) in [6.45, 7) is 3.62. The van der Waals surface area contributed by atoms with E-state index in [-0.39, 0.29) is 18.6 Å². The van der Waals surface area contributed by atoms with Gasteiger partial charge >= 0.3 is 0 Å². The minimum absolute atomic E-state index is 0.0986. The lowest BCUT2D eigenvalue weighted by Crippen LogP contribution is -2.21. The molecule has 0 bridgehead atoms. The van der Waals surface area contributed by atoms with E-state index >= 15 is 0 Å². The monoisotopic (exact) mass is 477 g/mol. The SMILES string of the molecule is CNC(=O)c1ccc(C)c(C#Cc2cnc(Nc3ccc([S-](=N)=O)cc3)nc2N[C@H](C)CO)c1. The Labute approximate surface area is 200 Å². The van der Waals surface area contributed by atoms with Gasteiger partial charge in [-0.15, -0.1) is 0 Å². The zero-order valence-corrected chi connectivity index (χ0v) is 19.8. The predicted molar refractivity (Wildman–Crippen MR) is 132 cm³/mol. The first-order valence-corrected chi connectivity index (χ1v) is 11.5. The van der Waals surface area contributed by atoms with Crippen LogP contribution in [0.4, 0.5) is 17.5 Å². The Morgan fingerprint density at radius 2 is 1.88 bits per heavy atom. The molecule has 0 aliphatic carbocycles. The van der Waals surface area contributed by atoms with E-state index in [1.54, 1.807) is 49.6 Å². The molecule has 0 spiro atoms. The summed E-state index contributed by atoms with van der Waals surface area (Å²) in [6, 6.07) is 11.6. The van der Waals surface area contributed by atoms with E-state index in [2.05, 4.69) is 37.8 Å². The number of rotatable bonds is 7. The number of aliphatic hydroxyl groups is 1. The molecule has 176 valence electrons. The van der Waals surface area contributed by atoms with E-state index in [0.717, 1.165) is 5.56 Å². The minimum Gasteiger partial charge on any atom is -0.440 e. The summed E-state index contributed by atoms with van der Waals surface area (Å²) in [4.78, 5) is 21.2. The van der Waals surface area contributed by atoms with Gasteiger partial charge < -0.3 is 30.0 Å². The fourth-order valence-corrected chi connectivity index (χ4v) is 3.27. The minimum atomic E-state index is -1.80. The highest BCUT2D eigenvalue weighted by atomic mass is 32.2. The van der Waals surface area contributed by atoms with Gasteiger partial charge in [0, 0.05) is 29.9 Å². The standard InChI is InChI=1S/C24H25N6O3S/c1-15-4-5-18(23(32)26-3)12-17(15)6-7-19-13-27-24(30-22(19)28-16(2)14-31)29-20-8-10-21(11-9-20)34(25)33/h4-5,8-13,16,25,31H,14H2,1-3H3,(H,26,32)(H2,27,28,29,30)/q-1/t16-/m1/s1. The summed E-state index contributed by atoms with van der Waals surface area (Å²) in [5.74, 6) is 6.70. The number of aromatic nitrogens is 2. The number of aliphatic hydroxyl groups excluding tert-OH is 1. The third kappa shape index (κ3) is 6.31. The number of hydrogen-bond donors (Lipinski definition) is 5. The van der Waals surface area contributed by atoms with Crippen molar-refractivity contribution >= 4 is 34.0 Å². The van der Waals surface area contributed by atoms with Crippen LogP contribution in [-0.4, -0.2) is 40.7 Å². The fourth-order valence-electron chi connectivity index (χ4n) is 2.89. The second kappa shape index (κ2) is 11.3. The molecule has 34 heavy (non-hydrogen) atoms. The van der Waals surface area contributed by atoms with Gasteiger partial charge in [-0.2, -0.15) is 15.6 Å². The number of carbonyl (C=O) groups is 1. The molecule has 9 nitrogen and oxygen atoms in total. The highest BCUT2D eigenvalue weighted by molar-refractivity contribution is 7.73. The van der Waals surface area contributed by atoms with Crippen molar-refractivity contribution in [3.63, 3.8) is 0 Å². The van der Waals surface area contributed by atoms with Crippen LogP contribution in [0.2, 0.25) is 0 Å². The van der Waals surface area contributed by atoms with Gasteiger partial charge in [0.15, 0.2) is 0 Å². The van der Waals surface area contributed by atoms with Crippen molar-refractivity contribution in [2.75, 3.05) is 24.3 Å². The second-order valence-electron chi connectivity index (χ2n) is 7.46. The van der Waals surface area contributed by atoms with Crippen LogP contribution >= 0.6 is 0 Å². The predicted octanol–water partition coefficient (Wildman–Crippen LogP) is 3.17. The molecule has 0 aliphatic rings. The molecule has 1 amide bonds. The highest BCUT2D eigenvalue weighted by Gasteiger charge is 2.10. The first-order valence-electron chi connectivity index (χ1n) is 10.4. The van der Waals surface area contributed by atoms with E-state index in [1.165, 1.54) is 0 Å². The van der Waals surface area contributed by atoms with Crippen LogP contribution in [0.5, 0.6) is 0 Å². The molecular formula is C24H25N6O3S-. The molecule has 2 aromatic carbocycles. The molecule has 0 aliphatic heterocycles. The largest absolute Gasteiger partial charge is 0.440 e. The van der Waals surface area contributed by atoms with Crippen molar-refractivity contribution in [1.82, 2.24) is 15.3 Å². The molecule has 0 radical (unpaired) electrons. The number of hydrogen-bond acceptors (Lipinski definition) is 9. The van der Waals surface area contributed by atoms with Crippen LogP contribution < -0.4 is 16.0 Å². The maximum Gasteiger partial charge on any atom is 0.251 e. The Kier molecular flexibility index (Phi) is 8.19. The molecular weight excluding hydrogens is 452 g/mol.